The quantitative estimate of drug-likeness (QED) is 0.669. The first-order chi connectivity index (χ1) is 10.2. The highest BCUT2D eigenvalue weighted by Gasteiger charge is 2.26. The second-order valence-corrected chi connectivity index (χ2v) is 5.20. The van der Waals surface area contributed by atoms with Gasteiger partial charge in [-0.3, -0.25) is 10.1 Å². The number of amides is 1. The minimum Gasteiger partial charge on any atom is -0.366 e. The first-order valence-electron chi connectivity index (χ1n) is 6.83. The number of nitrogens with zero attached hydrogens (tertiary/aromatic N) is 1. The van der Waals surface area contributed by atoms with Gasteiger partial charge in [0.15, 0.2) is 0 Å². The van der Waals surface area contributed by atoms with Crippen LogP contribution in [0.1, 0.15) is 33.4 Å². The number of imidazole rings is 1. The second-order valence-electron chi connectivity index (χ2n) is 5.20. The van der Waals surface area contributed by atoms with Crippen LogP contribution < -0.4 is 11.1 Å². The summed E-state index contributed by atoms with van der Waals surface area (Å²) in [6.07, 6.45) is 0. The van der Waals surface area contributed by atoms with Crippen molar-refractivity contribution in [3.8, 4) is 0 Å². The fraction of sp³-hybridized carbons (Fsp3) is 0.125. The first-order valence-corrected chi connectivity index (χ1v) is 6.83. The zero-order valence-corrected chi connectivity index (χ0v) is 11.3. The van der Waals surface area contributed by atoms with E-state index < -0.39 is 5.91 Å². The lowest BCUT2D eigenvalue weighted by Crippen LogP contribution is -2.15. The molecule has 2 aromatic carbocycles. The third-order valence-electron chi connectivity index (χ3n) is 3.93. The van der Waals surface area contributed by atoms with Gasteiger partial charge in [0.05, 0.1) is 17.1 Å². The molecule has 4 N–H and O–H groups in total. The summed E-state index contributed by atoms with van der Waals surface area (Å²) >= 11 is 0. The van der Waals surface area contributed by atoms with Crippen molar-refractivity contribution in [1.82, 2.24) is 15.3 Å². The van der Waals surface area contributed by atoms with E-state index in [1.165, 1.54) is 11.1 Å². The maximum Gasteiger partial charge on any atom is 0.250 e. The van der Waals surface area contributed by atoms with E-state index in [9.17, 15) is 4.79 Å². The molecule has 1 atom stereocenters. The van der Waals surface area contributed by atoms with Gasteiger partial charge in [-0.25, -0.2) is 4.98 Å². The standard InChI is InChI=1S/C16H14N4O/c17-15(21)11-6-3-7-12-13(11)20-16(19-12)14-10-5-2-1-4-9(10)8-18-14/h1-7,14,18H,8H2,(H2,17,21)(H,19,20). The average molecular weight is 278 g/mol. The molecule has 3 aromatic rings. The van der Waals surface area contributed by atoms with Crippen LogP contribution in [0.3, 0.4) is 0 Å². The predicted octanol–water partition coefficient (Wildman–Crippen LogP) is 1.85. The number of hydrogen-bond donors (Lipinski definition) is 3. The number of primary amides is 1. The normalized spacial score (nSPS) is 17.0. The molecule has 1 aromatic heterocycles. The molecule has 0 saturated carbocycles. The number of H-pyrrole nitrogens is 1. The highest BCUT2D eigenvalue weighted by molar-refractivity contribution is 6.04. The van der Waals surface area contributed by atoms with Crippen LogP contribution in [0, 0.1) is 0 Å². The highest BCUT2D eigenvalue weighted by atomic mass is 16.1. The van der Waals surface area contributed by atoms with E-state index in [-0.39, 0.29) is 6.04 Å². The summed E-state index contributed by atoms with van der Waals surface area (Å²) < 4.78 is 0. The van der Waals surface area contributed by atoms with Gasteiger partial charge in [0.1, 0.15) is 11.3 Å². The van der Waals surface area contributed by atoms with Crippen molar-refractivity contribution in [3.63, 3.8) is 0 Å². The fourth-order valence-corrected chi connectivity index (χ4v) is 2.93. The van der Waals surface area contributed by atoms with Crippen molar-refractivity contribution in [1.29, 1.82) is 0 Å². The number of carbonyl (C=O) groups excluding carboxylic acids is 1. The van der Waals surface area contributed by atoms with Crippen LogP contribution in [0.25, 0.3) is 11.0 Å². The minimum atomic E-state index is -0.460. The van der Waals surface area contributed by atoms with E-state index in [2.05, 4.69) is 27.4 Å². The highest BCUT2D eigenvalue weighted by Crippen LogP contribution is 2.30. The van der Waals surface area contributed by atoms with E-state index in [0.29, 0.717) is 11.1 Å². The van der Waals surface area contributed by atoms with Gasteiger partial charge in [-0.1, -0.05) is 30.3 Å². The van der Waals surface area contributed by atoms with Crippen molar-refractivity contribution in [2.75, 3.05) is 0 Å². The Morgan fingerprint density at radius 1 is 1.19 bits per heavy atom. The number of hydrogen-bond acceptors (Lipinski definition) is 3. The number of aromatic amines is 1. The van der Waals surface area contributed by atoms with Crippen LogP contribution in [0.5, 0.6) is 0 Å². The number of carbonyl (C=O) groups is 1. The summed E-state index contributed by atoms with van der Waals surface area (Å²) in [5, 5.41) is 3.44. The molecule has 1 aliphatic heterocycles. The summed E-state index contributed by atoms with van der Waals surface area (Å²) in [5.74, 6) is 0.349. The Hall–Kier alpha value is -2.66. The molecular formula is C16H14N4O. The molecule has 1 aliphatic rings. The molecule has 2 heterocycles. The van der Waals surface area contributed by atoms with Crippen molar-refractivity contribution in [2.45, 2.75) is 12.6 Å². The van der Waals surface area contributed by atoms with Gasteiger partial charge in [-0.05, 0) is 23.3 Å². The number of fused-ring (bicyclic) bond motifs is 2. The van der Waals surface area contributed by atoms with Crippen LogP contribution >= 0.6 is 0 Å². The number of benzene rings is 2. The Labute approximate surface area is 121 Å². The predicted molar refractivity (Wildman–Crippen MR) is 79.7 cm³/mol. The lowest BCUT2D eigenvalue weighted by atomic mass is 10.1. The molecule has 21 heavy (non-hydrogen) atoms. The summed E-state index contributed by atoms with van der Waals surface area (Å²) in [6, 6.07) is 13.7. The molecular weight excluding hydrogens is 264 g/mol. The molecule has 0 radical (unpaired) electrons. The lowest BCUT2D eigenvalue weighted by molar-refractivity contribution is 0.100. The number of aromatic nitrogens is 2. The molecule has 0 spiro atoms. The molecule has 1 amide bonds. The Balaban J connectivity index is 1.86. The molecule has 104 valence electrons. The number of para-hydroxylation sites is 1. The van der Waals surface area contributed by atoms with Crippen LogP contribution in [-0.4, -0.2) is 15.9 Å². The summed E-state index contributed by atoms with van der Waals surface area (Å²) in [6.45, 7) is 0.820. The van der Waals surface area contributed by atoms with E-state index in [0.717, 1.165) is 17.9 Å². The van der Waals surface area contributed by atoms with Crippen LogP contribution in [0.2, 0.25) is 0 Å². The maximum absolute atomic E-state index is 11.5. The molecule has 0 aliphatic carbocycles. The number of nitrogens with two attached hydrogens (primary N) is 1. The Kier molecular flexibility index (Phi) is 2.55. The summed E-state index contributed by atoms with van der Waals surface area (Å²) in [5.41, 5.74) is 9.81. The molecule has 0 bridgehead atoms. The van der Waals surface area contributed by atoms with Crippen LogP contribution in [0.15, 0.2) is 42.5 Å². The Morgan fingerprint density at radius 3 is 2.90 bits per heavy atom. The molecule has 0 saturated heterocycles. The third-order valence-corrected chi connectivity index (χ3v) is 3.93. The van der Waals surface area contributed by atoms with Crippen molar-refractivity contribution in [3.05, 3.63) is 65.0 Å². The van der Waals surface area contributed by atoms with E-state index in [1.54, 1.807) is 12.1 Å². The molecule has 5 nitrogen and oxygen atoms in total. The average Bonchev–Trinajstić information content (AvgIpc) is 3.09. The van der Waals surface area contributed by atoms with Crippen LogP contribution in [-0.2, 0) is 6.54 Å². The van der Waals surface area contributed by atoms with Gasteiger partial charge >= 0.3 is 0 Å². The smallest absolute Gasteiger partial charge is 0.250 e. The Morgan fingerprint density at radius 2 is 2.05 bits per heavy atom. The summed E-state index contributed by atoms with van der Waals surface area (Å²) in [4.78, 5) is 19.4. The van der Waals surface area contributed by atoms with Gasteiger partial charge < -0.3 is 10.7 Å². The number of rotatable bonds is 2. The second kappa shape index (κ2) is 4.43. The zero-order chi connectivity index (χ0) is 14.4. The fourth-order valence-electron chi connectivity index (χ4n) is 2.93. The van der Waals surface area contributed by atoms with Crippen molar-refractivity contribution >= 4 is 16.9 Å². The first kappa shape index (κ1) is 12.1. The van der Waals surface area contributed by atoms with Gasteiger partial charge in [0, 0.05) is 6.54 Å². The third kappa shape index (κ3) is 1.82. The van der Waals surface area contributed by atoms with Gasteiger partial charge in [-0.15, -0.1) is 0 Å². The van der Waals surface area contributed by atoms with Crippen LogP contribution in [0.4, 0.5) is 0 Å². The monoisotopic (exact) mass is 278 g/mol. The van der Waals surface area contributed by atoms with Gasteiger partial charge in [0.2, 0.25) is 0 Å². The SMILES string of the molecule is NC(=O)c1cccc2[nH]c(C3NCc4ccccc43)nc12. The van der Waals surface area contributed by atoms with Gasteiger partial charge in [0.25, 0.3) is 5.91 Å². The van der Waals surface area contributed by atoms with Gasteiger partial charge in [-0.2, -0.15) is 0 Å². The minimum absolute atomic E-state index is 0.0225. The molecule has 1 unspecified atom stereocenters. The topological polar surface area (TPSA) is 83.8 Å². The van der Waals surface area contributed by atoms with Crippen molar-refractivity contribution in [2.24, 2.45) is 5.73 Å². The van der Waals surface area contributed by atoms with Crippen molar-refractivity contribution < 1.29 is 4.79 Å². The Bertz CT molecular complexity index is 852. The molecule has 4 rings (SSSR count). The van der Waals surface area contributed by atoms with E-state index in [4.69, 9.17) is 5.73 Å². The number of nitrogens with one attached hydrogen (secondary N) is 2. The summed E-state index contributed by atoms with van der Waals surface area (Å²) in [7, 11) is 0. The van der Waals surface area contributed by atoms with E-state index in [1.807, 2.05) is 18.2 Å². The molecule has 5 heteroatoms. The molecule has 0 fully saturated rings. The zero-order valence-electron chi connectivity index (χ0n) is 11.3. The van der Waals surface area contributed by atoms with E-state index >= 15 is 0 Å². The lowest BCUT2D eigenvalue weighted by Gasteiger charge is -2.08. The largest absolute Gasteiger partial charge is 0.366 e. The maximum atomic E-state index is 11.5.